The molecule has 0 bridgehead atoms. The van der Waals surface area contributed by atoms with Gasteiger partial charge in [0.25, 0.3) is 0 Å². The Morgan fingerprint density at radius 3 is 2.27 bits per heavy atom. The largest absolute Gasteiger partial charge is 0.467 e. The van der Waals surface area contributed by atoms with Crippen LogP contribution in [-0.2, 0) is 32.0 Å². The van der Waals surface area contributed by atoms with Crippen molar-refractivity contribution in [1.29, 1.82) is 0 Å². The SMILES string of the molecule is COC(=O)[C@H](Cc1ccccc1)NC(=O)Nc1cccc([C@H]2O[C@@H](CSc3ccccc3)[C@@H](C)[C@@H](c3ccc(CO)cc3)O2)c1. The number of rotatable bonds is 11. The average molecular weight is 627 g/mol. The highest BCUT2D eigenvalue weighted by Crippen LogP contribution is 2.43. The van der Waals surface area contributed by atoms with E-state index >= 15 is 0 Å². The lowest BCUT2D eigenvalue weighted by Crippen LogP contribution is -2.45. The molecule has 0 aliphatic carbocycles. The van der Waals surface area contributed by atoms with Crippen molar-refractivity contribution in [3.63, 3.8) is 0 Å². The number of carbonyl (C=O) groups excluding carboxylic acids is 2. The molecule has 1 fully saturated rings. The van der Waals surface area contributed by atoms with E-state index in [4.69, 9.17) is 14.2 Å². The third-order valence-corrected chi connectivity index (χ3v) is 8.87. The van der Waals surface area contributed by atoms with E-state index in [1.807, 2.05) is 91.0 Å². The lowest BCUT2D eigenvalue weighted by Gasteiger charge is -2.41. The summed E-state index contributed by atoms with van der Waals surface area (Å²) in [4.78, 5) is 26.6. The highest BCUT2D eigenvalue weighted by molar-refractivity contribution is 7.99. The number of carbonyl (C=O) groups is 2. The molecular formula is C36H38N2O6S. The van der Waals surface area contributed by atoms with Crippen molar-refractivity contribution in [2.45, 2.75) is 49.4 Å². The molecule has 0 radical (unpaired) electrons. The third kappa shape index (κ3) is 8.73. The van der Waals surface area contributed by atoms with Crippen molar-refractivity contribution < 1.29 is 28.9 Å². The number of aliphatic hydroxyl groups excluding tert-OH is 1. The van der Waals surface area contributed by atoms with Crippen molar-refractivity contribution in [1.82, 2.24) is 5.32 Å². The van der Waals surface area contributed by atoms with Crippen LogP contribution in [0.4, 0.5) is 10.5 Å². The van der Waals surface area contributed by atoms with E-state index in [2.05, 4.69) is 29.7 Å². The second kappa shape index (κ2) is 15.7. The Morgan fingerprint density at radius 1 is 0.867 bits per heavy atom. The smallest absolute Gasteiger partial charge is 0.328 e. The van der Waals surface area contributed by atoms with Crippen molar-refractivity contribution in [2.24, 2.45) is 5.92 Å². The first-order chi connectivity index (χ1) is 21.9. The number of benzene rings is 4. The fraction of sp³-hybridized carbons (Fsp3) is 0.278. The molecule has 2 amide bonds. The first-order valence-corrected chi connectivity index (χ1v) is 15.9. The van der Waals surface area contributed by atoms with Crippen LogP contribution in [0.2, 0.25) is 0 Å². The molecule has 0 aromatic heterocycles. The Labute approximate surface area is 268 Å². The minimum absolute atomic E-state index is 0.0244. The van der Waals surface area contributed by atoms with Gasteiger partial charge in [-0.05, 0) is 41.0 Å². The molecular weight excluding hydrogens is 588 g/mol. The first kappa shape index (κ1) is 32.2. The highest BCUT2D eigenvalue weighted by atomic mass is 32.2. The van der Waals surface area contributed by atoms with Gasteiger partial charge in [0.1, 0.15) is 6.04 Å². The second-order valence-electron chi connectivity index (χ2n) is 10.9. The van der Waals surface area contributed by atoms with Gasteiger partial charge in [-0.2, -0.15) is 0 Å². The Morgan fingerprint density at radius 2 is 1.58 bits per heavy atom. The third-order valence-electron chi connectivity index (χ3n) is 7.77. The molecule has 0 saturated carbocycles. The standard InChI is InChI=1S/C36H38N2O6S/c1-24-32(23-45-30-14-7-4-8-15-30)43-35(44-33(24)27-18-16-26(22-39)17-19-27)28-12-9-13-29(21-28)37-36(41)38-31(34(40)42-2)20-25-10-5-3-6-11-25/h3-19,21,24,31-33,35,39H,20,22-23H2,1-2H3,(H2,37,38,41)/t24-,31+,32+,33+,35+/m1/s1. The number of urea groups is 1. The number of nitrogens with one attached hydrogen (secondary N) is 2. The summed E-state index contributed by atoms with van der Waals surface area (Å²) in [6.07, 6.45) is -0.769. The van der Waals surface area contributed by atoms with Gasteiger partial charge in [0.05, 0.1) is 25.9 Å². The monoisotopic (exact) mass is 626 g/mol. The molecule has 0 spiro atoms. The summed E-state index contributed by atoms with van der Waals surface area (Å²) < 4.78 is 18.1. The van der Waals surface area contributed by atoms with E-state index in [1.165, 1.54) is 7.11 Å². The quantitative estimate of drug-likeness (QED) is 0.126. The van der Waals surface area contributed by atoms with E-state index in [1.54, 1.807) is 17.8 Å². The van der Waals surface area contributed by atoms with Crippen LogP contribution in [0, 0.1) is 5.92 Å². The van der Waals surface area contributed by atoms with E-state index in [0.29, 0.717) is 12.1 Å². The van der Waals surface area contributed by atoms with Gasteiger partial charge in [-0.15, -0.1) is 11.8 Å². The van der Waals surface area contributed by atoms with Crippen LogP contribution in [0.25, 0.3) is 0 Å². The molecule has 234 valence electrons. The molecule has 4 aromatic rings. The van der Waals surface area contributed by atoms with Crippen LogP contribution in [-0.4, -0.2) is 42.1 Å². The van der Waals surface area contributed by atoms with E-state index in [0.717, 1.165) is 32.9 Å². The van der Waals surface area contributed by atoms with Gasteiger partial charge >= 0.3 is 12.0 Å². The molecule has 5 atom stereocenters. The van der Waals surface area contributed by atoms with Crippen LogP contribution in [0.3, 0.4) is 0 Å². The zero-order chi connectivity index (χ0) is 31.6. The zero-order valence-corrected chi connectivity index (χ0v) is 26.1. The summed E-state index contributed by atoms with van der Waals surface area (Å²) in [6.45, 7) is 2.11. The minimum atomic E-state index is -0.854. The second-order valence-corrected chi connectivity index (χ2v) is 12.0. The number of methoxy groups -OCH3 is 1. The van der Waals surface area contributed by atoms with Crippen LogP contribution < -0.4 is 10.6 Å². The molecule has 1 saturated heterocycles. The number of esters is 1. The summed E-state index contributed by atoms with van der Waals surface area (Å²) in [5, 5.41) is 15.1. The molecule has 9 heteroatoms. The summed E-state index contributed by atoms with van der Waals surface area (Å²) in [7, 11) is 1.30. The van der Waals surface area contributed by atoms with E-state index in [9.17, 15) is 14.7 Å². The molecule has 3 N–H and O–H groups in total. The van der Waals surface area contributed by atoms with Gasteiger partial charge in [0.2, 0.25) is 0 Å². The fourth-order valence-electron chi connectivity index (χ4n) is 5.28. The van der Waals surface area contributed by atoms with Crippen LogP contribution in [0.1, 0.15) is 41.6 Å². The first-order valence-electron chi connectivity index (χ1n) is 14.9. The average Bonchev–Trinajstić information content (AvgIpc) is 3.08. The zero-order valence-electron chi connectivity index (χ0n) is 25.3. The Kier molecular flexibility index (Phi) is 11.3. The Bertz CT molecular complexity index is 1540. The Balaban J connectivity index is 1.32. The van der Waals surface area contributed by atoms with Crippen LogP contribution in [0.5, 0.6) is 0 Å². The van der Waals surface area contributed by atoms with Gasteiger partial charge in [0, 0.05) is 34.2 Å². The number of hydrogen-bond donors (Lipinski definition) is 3. The fourth-order valence-corrected chi connectivity index (χ4v) is 6.37. The predicted octanol–water partition coefficient (Wildman–Crippen LogP) is 6.67. The summed E-state index contributed by atoms with van der Waals surface area (Å²) in [5.41, 5.74) is 4.01. The maximum absolute atomic E-state index is 13.0. The molecule has 1 heterocycles. The topological polar surface area (TPSA) is 106 Å². The number of hydrogen-bond acceptors (Lipinski definition) is 7. The molecule has 5 rings (SSSR count). The molecule has 1 aliphatic heterocycles. The summed E-state index contributed by atoms with van der Waals surface area (Å²) >= 11 is 1.74. The van der Waals surface area contributed by atoms with Crippen molar-refractivity contribution in [2.75, 3.05) is 18.2 Å². The normalized spacial score (nSPS) is 20.2. The van der Waals surface area contributed by atoms with Crippen molar-refractivity contribution in [3.8, 4) is 0 Å². The van der Waals surface area contributed by atoms with Gasteiger partial charge in [-0.3, -0.25) is 0 Å². The summed E-state index contributed by atoms with van der Waals surface area (Å²) in [5.74, 6) is 0.246. The number of amides is 2. The maximum Gasteiger partial charge on any atom is 0.328 e. The van der Waals surface area contributed by atoms with Gasteiger partial charge in [-0.25, -0.2) is 9.59 Å². The van der Waals surface area contributed by atoms with Crippen molar-refractivity contribution >= 4 is 29.4 Å². The number of thioether (sulfide) groups is 1. The molecule has 1 aliphatic rings. The van der Waals surface area contributed by atoms with Crippen LogP contribution in [0.15, 0.2) is 114 Å². The van der Waals surface area contributed by atoms with Gasteiger partial charge in [0.15, 0.2) is 6.29 Å². The molecule has 0 unspecified atom stereocenters. The molecule has 8 nitrogen and oxygen atoms in total. The van der Waals surface area contributed by atoms with E-state index in [-0.39, 0.29) is 24.7 Å². The number of aliphatic hydroxyl groups is 1. The van der Waals surface area contributed by atoms with Gasteiger partial charge < -0.3 is 30.0 Å². The highest BCUT2D eigenvalue weighted by Gasteiger charge is 2.38. The molecule has 45 heavy (non-hydrogen) atoms. The van der Waals surface area contributed by atoms with Crippen molar-refractivity contribution in [3.05, 3.63) is 131 Å². The number of anilines is 1. The predicted molar refractivity (Wildman–Crippen MR) is 175 cm³/mol. The number of ether oxygens (including phenoxy) is 3. The minimum Gasteiger partial charge on any atom is -0.467 e. The Hall–Kier alpha value is -4.15. The van der Waals surface area contributed by atoms with Crippen LogP contribution >= 0.6 is 11.8 Å². The summed E-state index contributed by atoms with van der Waals surface area (Å²) in [6, 6.07) is 33.4. The molecule has 4 aromatic carbocycles. The lowest BCUT2D eigenvalue weighted by atomic mass is 9.91. The lowest BCUT2D eigenvalue weighted by molar-refractivity contribution is -0.268. The van der Waals surface area contributed by atoms with E-state index < -0.39 is 24.3 Å². The maximum atomic E-state index is 13.0. The van der Waals surface area contributed by atoms with Gasteiger partial charge in [-0.1, -0.05) is 91.9 Å².